The van der Waals surface area contributed by atoms with E-state index in [9.17, 15) is 0 Å². The number of aromatic nitrogens is 2. The summed E-state index contributed by atoms with van der Waals surface area (Å²) in [6.45, 7) is 2.24. The van der Waals surface area contributed by atoms with Crippen LogP contribution in [0.5, 0.6) is 0 Å². The molecule has 2 N–H and O–H groups in total. The lowest BCUT2D eigenvalue weighted by Gasteiger charge is -2.21. The van der Waals surface area contributed by atoms with E-state index in [4.69, 9.17) is 5.73 Å². The van der Waals surface area contributed by atoms with Gasteiger partial charge in [0.15, 0.2) is 0 Å². The van der Waals surface area contributed by atoms with Crippen molar-refractivity contribution in [2.24, 2.45) is 0 Å². The Hall–Kier alpha value is -0.390. The molecule has 0 atom stereocenters. The third-order valence-corrected chi connectivity index (χ3v) is 3.85. The number of halogens is 1. The number of nitrogens with two attached hydrogens (primary N) is 1. The molecule has 0 radical (unpaired) electrons. The molecule has 1 aromatic rings. The molecule has 1 saturated carbocycles. The fourth-order valence-corrected chi connectivity index (χ4v) is 2.31. The first-order chi connectivity index (χ1) is 6.62. The van der Waals surface area contributed by atoms with E-state index in [0.717, 1.165) is 9.39 Å². The SMILES string of the molecule is CC1(c2ncc(I)c(N)n2)CCCC1. The molecule has 1 aromatic heterocycles. The van der Waals surface area contributed by atoms with Crippen LogP contribution < -0.4 is 5.73 Å². The first-order valence-electron chi connectivity index (χ1n) is 4.90. The van der Waals surface area contributed by atoms with Crippen molar-refractivity contribution >= 4 is 28.4 Å². The van der Waals surface area contributed by atoms with E-state index < -0.39 is 0 Å². The summed E-state index contributed by atoms with van der Waals surface area (Å²) in [5.41, 5.74) is 5.95. The Morgan fingerprint density at radius 2 is 2.07 bits per heavy atom. The van der Waals surface area contributed by atoms with Crippen molar-refractivity contribution in [3.63, 3.8) is 0 Å². The molecule has 2 rings (SSSR count). The topological polar surface area (TPSA) is 51.8 Å². The van der Waals surface area contributed by atoms with Gasteiger partial charge in [0, 0.05) is 11.6 Å². The molecule has 1 aliphatic carbocycles. The average molecular weight is 303 g/mol. The second-order valence-corrected chi connectivity index (χ2v) is 5.36. The van der Waals surface area contributed by atoms with Gasteiger partial charge < -0.3 is 5.73 Å². The maximum atomic E-state index is 5.79. The second kappa shape index (κ2) is 3.64. The van der Waals surface area contributed by atoms with Gasteiger partial charge in [-0.3, -0.25) is 0 Å². The fraction of sp³-hybridized carbons (Fsp3) is 0.600. The molecule has 0 saturated heterocycles. The molecular weight excluding hydrogens is 289 g/mol. The van der Waals surface area contributed by atoms with Gasteiger partial charge in [0.2, 0.25) is 0 Å². The van der Waals surface area contributed by atoms with Crippen molar-refractivity contribution in [2.75, 3.05) is 5.73 Å². The Morgan fingerprint density at radius 1 is 1.43 bits per heavy atom. The Morgan fingerprint density at radius 3 is 2.64 bits per heavy atom. The largest absolute Gasteiger partial charge is 0.383 e. The number of nitrogens with zero attached hydrogens (tertiary/aromatic N) is 2. The van der Waals surface area contributed by atoms with Crippen LogP contribution in [0.2, 0.25) is 0 Å². The maximum Gasteiger partial charge on any atom is 0.140 e. The van der Waals surface area contributed by atoms with Crippen molar-refractivity contribution in [3.8, 4) is 0 Å². The van der Waals surface area contributed by atoms with Crippen molar-refractivity contribution < 1.29 is 0 Å². The molecule has 1 fully saturated rings. The highest BCUT2D eigenvalue weighted by Gasteiger charge is 2.33. The van der Waals surface area contributed by atoms with Gasteiger partial charge in [-0.25, -0.2) is 9.97 Å². The normalized spacial score (nSPS) is 19.9. The zero-order chi connectivity index (χ0) is 10.2. The molecule has 76 valence electrons. The van der Waals surface area contributed by atoms with Crippen molar-refractivity contribution in [1.82, 2.24) is 9.97 Å². The monoisotopic (exact) mass is 303 g/mol. The lowest BCUT2D eigenvalue weighted by Crippen LogP contribution is -2.21. The van der Waals surface area contributed by atoms with Gasteiger partial charge in [0.1, 0.15) is 11.6 Å². The molecule has 0 amide bonds. The minimum absolute atomic E-state index is 0.165. The summed E-state index contributed by atoms with van der Waals surface area (Å²) in [4.78, 5) is 8.78. The van der Waals surface area contributed by atoms with Crippen LogP contribution in [0.25, 0.3) is 0 Å². The van der Waals surface area contributed by atoms with E-state index in [-0.39, 0.29) is 5.41 Å². The van der Waals surface area contributed by atoms with Crippen LogP contribution in [0.4, 0.5) is 5.82 Å². The number of rotatable bonds is 1. The van der Waals surface area contributed by atoms with Gasteiger partial charge in [0.05, 0.1) is 3.57 Å². The zero-order valence-electron chi connectivity index (χ0n) is 8.26. The Kier molecular flexibility index (Phi) is 2.64. The van der Waals surface area contributed by atoms with Crippen LogP contribution in [-0.4, -0.2) is 9.97 Å². The van der Waals surface area contributed by atoms with Gasteiger partial charge in [-0.15, -0.1) is 0 Å². The first kappa shape index (κ1) is 10.1. The van der Waals surface area contributed by atoms with E-state index in [1.807, 2.05) is 6.20 Å². The van der Waals surface area contributed by atoms with Crippen LogP contribution in [0.15, 0.2) is 6.20 Å². The molecule has 0 aromatic carbocycles. The summed E-state index contributed by atoms with van der Waals surface area (Å²) >= 11 is 2.16. The van der Waals surface area contributed by atoms with Crippen molar-refractivity contribution in [2.45, 2.75) is 38.0 Å². The summed E-state index contributed by atoms with van der Waals surface area (Å²) < 4.78 is 0.938. The quantitative estimate of drug-likeness (QED) is 0.811. The lowest BCUT2D eigenvalue weighted by molar-refractivity contribution is 0.459. The van der Waals surface area contributed by atoms with Crippen LogP contribution in [-0.2, 0) is 5.41 Å². The molecule has 0 unspecified atom stereocenters. The summed E-state index contributed by atoms with van der Waals surface area (Å²) in [6, 6.07) is 0. The third-order valence-electron chi connectivity index (χ3n) is 3.02. The standard InChI is InChI=1S/C10H14IN3/c1-10(4-2-3-5-10)9-13-6-7(11)8(12)14-9/h6H,2-5H2,1H3,(H2,12,13,14). The van der Waals surface area contributed by atoms with E-state index in [0.29, 0.717) is 5.82 Å². The Balaban J connectivity index is 2.36. The predicted octanol–water partition coefficient (Wildman–Crippen LogP) is 2.50. The number of hydrogen-bond donors (Lipinski definition) is 1. The smallest absolute Gasteiger partial charge is 0.140 e. The van der Waals surface area contributed by atoms with Crippen molar-refractivity contribution in [3.05, 3.63) is 15.6 Å². The number of nitrogen functional groups attached to an aromatic ring is 1. The molecular formula is C10H14IN3. The lowest BCUT2D eigenvalue weighted by atomic mass is 9.88. The maximum absolute atomic E-state index is 5.79. The average Bonchev–Trinajstić information content (AvgIpc) is 2.58. The Bertz CT molecular complexity index is 345. The number of hydrogen-bond acceptors (Lipinski definition) is 3. The zero-order valence-corrected chi connectivity index (χ0v) is 10.4. The van der Waals surface area contributed by atoms with E-state index in [1.54, 1.807) is 0 Å². The highest BCUT2D eigenvalue weighted by Crippen LogP contribution is 2.38. The summed E-state index contributed by atoms with van der Waals surface area (Å²) in [7, 11) is 0. The molecule has 0 aliphatic heterocycles. The van der Waals surface area contributed by atoms with E-state index >= 15 is 0 Å². The fourth-order valence-electron chi connectivity index (χ4n) is 2.05. The van der Waals surface area contributed by atoms with Crippen LogP contribution in [0.3, 0.4) is 0 Å². The summed E-state index contributed by atoms with van der Waals surface area (Å²) in [5.74, 6) is 1.54. The third kappa shape index (κ3) is 1.71. The van der Waals surface area contributed by atoms with Crippen LogP contribution >= 0.6 is 22.6 Å². The number of anilines is 1. The Labute approximate surface area is 97.7 Å². The van der Waals surface area contributed by atoms with Gasteiger partial charge in [0.25, 0.3) is 0 Å². The van der Waals surface area contributed by atoms with Gasteiger partial charge in [-0.1, -0.05) is 19.8 Å². The highest BCUT2D eigenvalue weighted by molar-refractivity contribution is 14.1. The minimum atomic E-state index is 0.165. The predicted molar refractivity (Wildman–Crippen MR) is 65.0 cm³/mol. The molecule has 1 aliphatic rings. The summed E-state index contributed by atoms with van der Waals surface area (Å²) in [6.07, 6.45) is 6.76. The van der Waals surface area contributed by atoms with Crippen LogP contribution in [0.1, 0.15) is 38.4 Å². The highest BCUT2D eigenvalue weighted by atomic mass is 127. The summed E-state index contributed by atoms with van der Waals surface area (Å²) in [5, 5.41) is 0. The molecule has 0 spiro atoms. The van der Waals surface area contributed by atoms with E-state index in [1.165, 1.54) is 25.7 Å². The van der Waals surface area contributed by atoms with Crippen molar-refractivity contribution in [1.29, 1.82) is 0 Å². The molecule has 1 heterocycles. The second-order valence-electron chi connectivity index (χ2n) is 4.19. The first-order valence-corrected chi connectivity index (χ1v) is 5.98. The molecule has 4 heteroatoms. The molecule has 14 heavy (non-hydrogen) atoms. The minimum Gasteiger partial charge on any atom is -0.383 e. The van der Waals surface area contributed by atoms with Gasteiger partial charge >= 0.3 is 0 Å². The van der Waals surface area contributed by atoms with Gasteiger partial charge in [-0.05, 0) is 35.4 Å². The molecule has 3 nitrogen and oxygen atoms in total. The van der Waals surface area contributed by atoms with Crippen LogP contribution in [0, 0.1) is 3.57 Å². The molecule has 0 bridgehead atoms. The van der Waals surface area contributed by atoms with Gasteiger partial charge in [-0.2, -0.15) is 0 Å². The van der Waals surface area contributed by atoms with E-state index in [2.05, 4.69) is 39.5 Å².